The fraction of sp³-hybridized carbons (Fsp3) is 0.308. The quantitative estimate of drug-likeness (QED) is 0.730. The number of benzene rings is 1. The molecular weight excluding hydrogens is 216 g/mol. The van der Waals surface area contributed by atoms with E-state index in [1.807, 2.05) is 18.2 Å². The molecule has 17 heavy (non-hydrogen) atoms. The summed E-state index contributed by atoms with van der Waals surface area (Å²) in [5.41, 5.74) is 3.26. The predicted octanol–water partition coefficient (Wildman–Crippen LogP) is 1.53. The van der Waals surface area contributed by atoms with Crippen LogP contribution in [0.2, 0.25) is 0 Å². The maximum Gasteiger partial charge on any atom is 0.329 e. The van der Waals surface area contributed by atoms with Crippen molar-refractivity contribution in [3.8, 4) is 0 Å². The highest BCUT2D eigenvalue weighted by Gasteiger charge is 2.29. The van der Waals surface area contributed by atoms with Crippen LogP contribution < -0.4 is 5.32 Å². The number of aromatic nitrogens is 1. The summed E-state index contributed by atoms with van der Waals surface area (Å²) in [4.78, 5) is 15.0. The van der Waals surface area contributed by atoms with Gasteiger partial charge in [-0.1, -0.05) is 18.2 Å². The van der Waals surface area contributed by atoms with Gasteiger partial charge in [0.25, 0.3) is 0 Å². The van der Waals surface area contributed by atoms with Gasteiger partial charge in [0.1, 0.15) is 6.04 Å². The Balaban J connectivity index is 2.17. The van der Waals surface area contributed by atoms with Crippen molar-refractivity contribution in [2.75, 3.05) is 13.7 Å². The van der Waals surface area contributed by atoms with Crippen LogP contribution in [0.5, 0.6) is 0 Å². The summed E-state index contributed by atoms with van der Waals surface area (Å²) in [7, 11) is 1.42. The molecule has 1 aliphatic rings. The first kappa shape index (κ1) is 10.4. The van der Waals surface area contributed by atoms with E-state index in [9.17, 15) is 4.79 Å². The van der Waals surface area contributed by atoms with Crippen LogP contribution in [0.15, 0.2) is 24.3 Å². The second-order valence-corrected chi connectivity index (χ2v) is 4.22. The van der Waals surface area contributed by atoms with Gasteiger partial charge >= 0.3 is 5.97 Å². The fourth-order valence-electron chi connectivity index (χ4n) is 2.50. The molecule has 2 N–H and O–H groups in total. The average molecular weight is 230 g/mol. The molecule has 0 amide bonds. The summed E-state index contributed by atoms with van der Waals surface area (Å²) in [6.45, 7) is 0.800. The molecule has 1 atom stereocenters. The maximum absolute atomic E-state index is 11.7. The van der Waals surface area contributed by atoms with Gasteiger partial charge in [-0.2, -0.15) is 0 Å². The van der Waals surface area contributed by atoms with Crippen molar-refractivity contribution in [1.29, 1.82) is 0 Å². The summed E-state index contributed by atoms with van der Waals surface area (Å²) in [6.07, 6.45) is 0.937. The van der Waals surface area contributed by atoms with E-state index in [4.69, 9.17) is 4.74 Å². The number of H-pyrrole nitrogens is 1. The lowest BCUT2D eigenvalue weighted by Crippen LogP contribution is -2.35. The summed E-state index contributed by atoms with van der Waals surface area (Å²) in [5.74, 6) is -0.238. The third-order valence-electron chi connectivity index (χ3n) is 3.30. The normalized spacial score (nSPS) is 19.0. The molecule has 88 valence electrons. The molecule has 1 aromatic heterocycles. The van der Waals surface area contributed by atoms with Gasteiger partial charge in [0.15, 0.2) is 0 Å². The van der Waals surface area contributed by atoms with Gasteiger partial charge in [-0.25, -0.2) is 4.79 Å². The van der Waals surface area contributed by atoms with E-state index in [2.05, 4.69) is 16.4 Å². The SMILES string of the molecule is COC(=O)C1NCCc2c1[nH]c1ccccc21. The average Bonchev–Trinajstić information content (AvgIpc) is 2.76. The number of carbonyl (C=O) groups is 1. The van der Waals surface area contributed by atoms with Crippen molar-refractivity contribution >= 4 is 16.9 Å². The topological polar surface area (TPSA) is 54.1 Å². The zero-order valence-electron chi connectivity index (χ0n) is 9.62. The van der Waals surface area contributed by atoms with Gasteiger partial charge in [-0.05, 0) is 18.1 Å². The van der Waals surface area contributed by atoms with Gasteiger partial charge in [0, 0.05) is 23.1 Å². The zero-order valence-corrected chi connectivity index (χ0v) is 9.62. The highest BCUT2D eigenvalue weighted by Crippen LogP contribution is 2.30. The van der Waals surface area contributed by atoms with E-state index >= 15 is 0 Å². The summed E-state index contributed by atoms with van der Waals surface area (Å²) in [6, 6.07) is 7.76. The molecule has 0 radical (unpaired) electrons. The Hall–Kier alpha value is -1.81. The standard InChI is InChI=1S/C13H14N2O2/c1-17-13(16)12-11-9(6-7-14-12)8-4-2-3-5-10(8)15-11/h2-5,12,14-15H,6-7H2,1H3. The molecule has 2 heterocycles. The Bertz CT molecular complexity index is 574. The molecule has 4 nitrogen and oxygen atoms in total. The number of methoxy groups -OCH3 is 1. The molecule has 1 aromatic carbocycles. The maximum atomic E-state index is 11.7. The Labute approximate surface area is 99.0 Å². The van der Waals surface area contributed by atoms with Crippen LogP contribution in [-0.2, 0) is 16.0 Å². The third-order valence-corrected chi connectivity index (χ3v) is 3.30. The second kappa shape index (κ2) is 3.89. The van der Waals surface area contributed by atoms with Crippen molar-refractivity contribution in [2.45, 2.75) is 12.5 Å². The van der Waals surface area contributed by atoms with E-state index in [0.29, 0.717) is 0 Å². The van der Waals surface area contributed by atoms with Crippen LogP contribution in [0.3, 0.4) is 0 Å². The number of carbonyl (C=O) groups excluding carboxylic acids is 1. The minimum absolute atomic E-state index is 0.238. The molecule has 0 saturated heterocycles. The lowest BCUT2D eigenvalue weighted by atomic mass is 9.99. The molecule has 2 aromatic rings. The van der Waals surface area contributed by atoms with Crippen molar-refractivity contribution in [3.05, 3.63) is 35.5 Å². The molecule has 0 bridgehead atoms. The number of rotatable bonds is 1. The Morgan fingerprint density at radius 1 is 1.41 bits per heavy atom. The number of para-hydroxylation sites is 1. The first-order valence-corrected chi connectivity index (χ1v) is 5.72. The van der Waals surface area contributed by atoms with Crippen LogP contribution in [0, 0.1) is 0 Å². The number of hydrogen-bond acceptors (Lipinski definition) is 3. The van der Waals surface area contributed by atoms with E-state index in [0.717, 1.165) is 24.2 Å². The molecule has 0 spiro atoms. The molecule has 4 heteroatoms. The third kappa shape index (κ3) is 1.52. The predicted molar refractivity (Wildman–Crippen MR) is 64.8 cm³/mol. The van der Waals surface area contributed by atoms with Gasteiger partial charge in [-0.3, -0.25) is 5.32 Å². The second-order valence-electron chi connectivity index (χ2n) is 4.22. The summed E-state index contributed by atoms with van der Waals surface area (Å²) in [5, 5.41) is 4.39. The minimum atomic E-state index is -0.365. The van der Waals surface area contributed by atoms with Crippen LogP contribution in [0.4, 0.5) is 0 Å². The van der Waals surface area contributed by atoms with Crippen molar-refractivity contribution in [1.82, 2.24) is 10.3 Å². The van der Waals surface area contributed by atoms with Gasteiger partial charge in [-0.15, -0.1) is 0 Å². The highest BCUT2D eigenvalue weighted by molar-refractivity contribution is 5.88. The Morgan fingerprint density at radius 3 is 3.06 bits per heavy atom. The molecule has 1 unspecified atom stereocenters. The lowest BCUT2D eigenvalue weighted by Gasteiger charge is -2.21. The minimum Gasteiger partial charge on any atom is -0.468 e. The van der Waals surface area contributed by atoms with Crippen LogP contribution >= 0.6 is 0 Å². The van der Waals surface area contributed by atoms with Crippen LogP contribution in [0.1, 0.15) is 17.3 Å². The molecule has 0 saturated carbocycles. The molecule has 0 aliphatic carbocycles. The fourth-order valence-corrected chi connectivity index (χ4v) is 2.50. The number of nitrogens with one attached hydrogen (secondary N) is 2. The van der Waals surface area contributed by atoms with Crippen molar-refractivity contribution < 1.29 is 9.53 Å². The van der Waals surface area contributed by atoms with E-state index in [1.165, 1.54) is 18.1 Å². The van der Waals surface area contributed by atoms with E-state index in [1.54, 1.807) is 0 Å². The Kier molecular flexibility index (Phi) is 2.37. The van der Waals surface area contributed by atoms with Crippen molar-refractivity contribution in [3.63, 3.8) is 0 Å². The van der Waals surface area contributed by atoms with Crippen LogP contribution in [0.25, 0.3) is 10.9 Å². The molecular formula is C13H14N2O2. The number of ether oxygens (including phenoxy) is 1. The van der Waals surface area contributed by atoms with E-state index < -0.39 is 0 Å². The molecule has 0 fully saturated rings. The number of aromatic amines is 1. The first-order chi connectivity index (χ1) is 8.31. The number of fused-ring (bicyclic) bond motifs is 3. The smallest absolute Gasteiger partial charge is 0.329 e. The van der Waals surface area contributed by atoms with Gasteiger partial charge < -0.3 is 9.72 Å². The summed E-state index contributed by atoms with van der Waals surface area (Å²) >= 11 is 0. The Morgan fingerprint density at radius 2 is 2.24 bits per heavy atom. The molecule has 1 aliphatic heterocycles. The number of esters is 1. The van der Waals surface area contributed by atoms with Crippen molar-refractivity contribution in [2.24, 2.45) is 0 Å². The largest absolute Gasteiger partial charge is 0.468 e. The monoisotopic (exact) mass is 230 g/mol. The highest BCUT2D eigenvalue weighted by atomic mass is 16.5. The van der Waals surface area contributed by atoms with Gasteiger partial charge in [0.05, 0.1) is 7.11 Å². The van der Waals surface area contributed by atoms with Gasteiger partial charge in [0.2, 0.25) is 0 Å². The number of hydrogen-bond donors (Lipinski definition) is 2. The lowest BCUT2D eigenvalue weighted by molar-refractivity contribution is -0.143. The molecule has 3 rings (SSSR count). The van der Waals surface area contributed by atoms with Crippen LogP contribution in [-0.4, -0.2) is 24.6 Å². The van der Waals surface area contributed by atoms with E-state index in [-0.39, 0.29) is 12.0 Å². The first-order valence-electron chi connectivity index (χ1n) is 5.72. The zero-order chi connectivity index (χ0) is 11.8. The summed E-state index contributed by atoms with van der Waals surface area (Å²) < 4.78 is 4.82.